The number of ether oxygens (including phenoxy) is 1. The molecule has 0 bridgehead atoms. The van der Waals surface area contributed by atoms with Gasteiger partial charge in [-0.2, -0.15) is 4.98 Å². The zero-order valence-electron chi connectivity index (χ0n) is 23.7. The predicted octanol–water partition coefficient (Wildman–Crippen LogP) is 3.14. The van der Waals surface area contributed by atoms with Crippen LogP contribution in [0, 0.1) is 25.7 Å². The standard InChI is InChI=1S/C29H39N7O4S/c1-16-23(28-34-24-17(2)30-10-8-21(24)41-28)27(35-29(32-16)31-9-7-18-5-3-4-6-18)33-20-13-19(25(38)26(20)39)14-36-11-12-40-15-22(36)37/h8,10,18-20,25-26,38-39H,3-7,9,11-15H2,1-2H3,(H2,31,32,33,35). The summed E-state index contributed by atoms with van der Waals surface area (Å²) in [5.74, 6) is 1.51. The van der Waals surface area contributed by atoms with E-state index in [1.165, 1.54) is 25.7 Å². The van der Waals surface area contributed by atoms with Crippen LogP contribution >= 0.6 is 11.3 Å². The van der Waals surface area contributed by atoms with Crippen molar-refractivity contribution in [2.45, 2.75) is 70.6 Å². The number of hydrogen-bond donors (Lipinski definition) is 4. The SMILES string of the molecule is Cc1nc(NCCC2CCCC2)nc(NC2CC(CN3CCOCC3=O)C(O)C2O)c1-c1nc2c(C)nccc2s1. The number of carbonyl (C=O) groups is 1. The third-order valence-electron chi connectivity index (χ3n) is 8.77. The summed E-state index contributed by atoms with van der Waals surface area (Å²) < 4.78 is 6.27. The minimum absolute atomic E-state index is 0.0598. The highest BCUT2D eigenvalue weighted by molar-refractivity contribution is 7.21. The fourth-order valence-electron chi connectivity index (χ4n) is 6.44. The average Bonchev–Trinajstić information content (AvgIpc) is 3.68. The van der Waals surface area contributed by atoms with Crippen molar-refractivity contribution in [3.8, 4) is 10.6 Å². The van der Waals surface area contributed by atoms with Gasteiger partial charge in [0, 0.05) is 31.7 Å². The average molecular weight is 582 g/mol. The lowest BCUT2D eigenvalue weighted by Gasteiger charge is -2.30. The fourth-order valence-corrected chi connectivity index (χ4v) is 7.55. The number of carbonyl (C=O) groups excluding carboxylic acids is 1. The molecule has 1 saturated heterocycles. The van der Waals surface area contributed by atoms with E-state index >= 15 is 0 Å². The van der Waals surface area contributed by atoms with E-state index in [1.54, 1.807) is 22.4 Å². The van der Waals surface area contributed by atoms with E-state index in [1.807, 2.05) is 19.9 Å². The number of aryl methyl sites for hydroxylation is 2. The molecule has 3 aromatic heterocycles. The second-order valence-corrected chi connectivity index (χ2v) is 12.6. The normalized spacial score (nSPS) is 25.4. The van der Waals surface area contributed by atoms with Gasteiger partial charge in [0.2, 0.25) is 11.9 Å². The number of amides is 1. The largest absolute Gasteiger partial charge is 0.390 e. The Balaban J connectivity index is 1.27. The molecule has 4 unspecified atom stereocenters. The van der Waals surface area contributed by atoms with E-state index in [9.17, 15) is 15.0 Å². The summed E-state index contributed by atoms with van der Waals surface area (Å²) in [4.78, 5) is 33.0. The second-order valence-electron chi connectivity index (χ2n) is 11.6. The van der Waals surface area contributed by atoms with Crippen molar-refractivity contribution in [2.24, 2.45) is 11.8 Å². The van der Waals surface area contributed by atoms with Crippen LogP contribution in [0.3, 0.4) is 0 Å². The smallest absolute Gasteiger partial charge is 0.248 e. The van der Waals surface area contributed by atoms with Crippen molar-refractivity contribution in [1.82, 2.24) is 24.8 Å². The molecule has 4 heterocycles. The summed E-state index contributed by atoms with van der Waals surface area (Å²) in [6.07, 6.45) is 6.60. The molecular weight excluding hydrogens is 542 g/mol. The van der Waals surface area contributed by atoms with Gasteiger partial charge < -0.3 is 30.5 Å². The molecular formula is C29H39N7O4S. The highest BCUT2D eigenvalue weighted by Crippen LogP contribution is 2.39. The number of thiazole rings is 1. The van der Waals surface area contributed by atoms with Gasteiger partial charge in [0.1, 0.15) is 29.1 Å². The summed E-state index contributed by atoms with van der Waals surface area (Å²) in [6, 6.07) is 1.50. The van der Waals surface area contributed by atoms with Crippen molar-refractivity contribution in [1.29, 1.82) is 0 Å². The number of nitrogens with zero attached hydrogens (tertiary/aromatic N) is 5. The zero-order chi connectivity index (χ0) is 28.5. The molecule has 3 aromatic rings. The van der Waals surface area contributed by atoms with Crippen molar-refractivity contribution in [3.05, 3.63) is 23.7 Å². The van der Waals surface area contributed by atoms with Crippen molar-refractivity contribution >= 4 is 39.2 Å². The first kappa shape index (κ1) is 28.2. The lowest BCUT2D eigenvalue weighted by Crippen LogP contribution is -2.45. The monoisotopic (exact) mass is 581 g/mol. The molecule has 2 saturated carbocycles. The van der Waals surface area contributed by atoms with Crippen LogP contribution < -0.4 is 10.6 Å². The summed E-state index contributed by atoms with van der Waals surface area (Å²) in [6.45, 7) is 6.12. The van der Waals surface area contributed by atoms with Gasteiger partial charge >= 0.3 is 0 Å². The first-order chi connectivity index (χ1) is 19.9. The Morgan fingerprint density at radius 3 is 2.73 bits per heavy atom. The molecule has 0 spiro atoms. The molecule has 0 aromatic carbocycles. The van der Waals surface area contributed by atoms with Gasteiger partial charge in [-0.25, -0.2) is 9.97 Å². The molecule has 3 fully saturated rings. The number of rotatable bonds is 9. The van der Waals surface area contributed by atoms with Gasteiger partial charge in [0.15, 0.2) is 0 Å². The highest BCUT2D eigenvalue weighted by Gasteiger charge is 2.43. The van der Waals surface area contributed by atoms with Crippen LogP contribution in [0.15, 0.2) is 12.3 Å². The lowest BCUT2D eigenvalue weighted by molar-refractivity contribution is -0.144. The Labute approximate surface area is 243 Å². The van der Waals surface area contributed by atoms with Gasteiger partial charge in [-0.05, 0) is 38.7 Å². The van der Waals surface area contributed by atoms with Crippen molar-refractivity contribution in [2.75, 3.05) is 43.5 Å². The number of fused-ring (bicyclic) bond motifs is 1. The Hall–Kier alpha value is -2.93. The maximum Gasteiger partial charge on any atom is 0.248 e. The maximum atomic E-state index is 12.3. The predicted molar refractivity (Wildman–Crippen MR) is 158 cm³/mol. The number of morpholine rings is 1. The first-order valence-corrected chi connectivity index (χ1v) is 15.5. The number of aliphatic hydroxyl groups excluding tert-OH is 2. The molecule has 220 valence electrons. The Morgan fingerprint density at radius 2 is 1.95 bits per heavy atom. The molecule has 1 amide bonds. The molecule has 4 N–H and O–H groups in total. The minimum Gasteiger partial charge on any atom is -0.390 e. The summed E-state index contributed by atoms with van der Waals surface area (Å²) in [5, 5.41) is 29.7. The van der Waals surface area contributed by atoms with E-state index < -0.39 is 18.2 Å². The van der Waals surface area contributed by atoms with Gasteiger partial charge in [0.05, 0.1) is 40.4 Å². The fraction of sp³-hybridized carbons (Fsp3) is 0.621. The van der Waals surface area contributed by atoms with E-state index in [0.717, 1.165) is 51.1 Å². The van der Waals surface area contributed by atoms with Gasteiger partial charge in [-0.1, -0.05) is 25.7 Å². The second kappa shape index (κ2) is 12.1. The molecule has 11 nitrogen and oxygen atoms in total. The summed E-state index contributed by atoms with van der Waals surface area (Å²) in [7, 11) is 0. The van der Waals surface area contributed by atoms with Gasteiger partial charge in [-0.15, -0.1) is 11.3 Å². The van der Waals surface area contributed by atoms with Crippen LogP contribution in [-0.2, 0) is 9.53 Å². The summed E-state index contributed by atoms with van der Waals surface area (Å²) in [5.41, 5.74) is 3.26. The minimum atomic E-state index is -1.01. The molecule has 0 radical (unpaired) electrons. The highest BCUT2D eigenvalue weighted by atomic mass is 32.1. The molecule has 1 aliphatic heterocycles. The van der Waals surface area contributed by atoms with Gasteiger partial charge in [0.25, 0.3) is 0 Å². The van der Waals surface area contributed by atoms with Crippen LogP contribution in [0.2, 0.25) is 0 Å². The van der Waals surface area contributed by atoms with Gasteiger partial charge in [-0.3, -0.25) is 9.78 Å². The maximum absolute atomic E-state index is 12.3. The number of hydrogen-bond acceptors (Lipinski definition) is 11. The van der Waals surface area contributed by atoms with E-state index in [-0.39, 0.29) is 18.4 Å². The number of anilines is 2. The third-order valence-corrected chi connectivity index (χ3v) is 9.81. The Morgan fingerprint density at radius 1 is 1.12 bits per heavy atom. The van der Waals surface area contributed by atoms with E-state index in [4.69, 9.17) is 19.7 Å². The molecule has 2 aliphatic carbocycles. The number of aliphatic hydroxyl groups is 2. The molecule has 41 heavy (non-hydrogen) atoms. The number of pyridine rings is 1. The topological polar surface area (TPSA) is 146 Å². The van der Waals surface area contributed by atoms with Crippen LogP contribution in [-0.4, -0.2) is 92.1 Å². The molecule has 12 heteroatoms. The number of nitrogens with one attached hydrogen (secondary N) is 2. The Kier molecular flexibility index (Phi) is 8.34. The molecule has 3 aliphatic rings. The van der Waals surface area contributed by atoms with Crippen molar-refractivity contribution < 1.29 is 19.7 Å². The molecule has 4 atom stereocenters. The van der Waals surface area contributed by atoms with E-state index in [2.05, 4.69) is 15.6 Å². The number of aromatic nitrogens is 4. The van der Waals surface area contributed by atoms with Crippen LogP contribution in [0.25, 0.3) is 20.8 Å². The quantitative estimate of drug-likeness (QED) is 0.297. The third kappa shape index (κ3) is 6.01. The zero-order valence-corrected chi connectivity index (χ0v) is 24.5. The summed E-state index contributed by atoms with van der Waals surface area (Å²) >= 11 is 1.56. The van der Waals surface area contributed by atoms with Crippen LogP contribution in [0.4, 0.5) is 11.8 Å². The molecule has 6 rings (SSSR count). The van der Waals surface area contributed by atoms with Crippen LogP contribution in [0.5, 0.6) is 0 Å². The van der Waals surface area contributed by atoms with Crippen LogP contribution in [0.1, 0.15) is 49.9 Å². The van der Waals surface area contributed by atoms with E-state index in [0.29, 0.717) is 37.9 Å². The first-order valence-electron chi connectivity index (χ1n) is 14.7. The Bertz CT molecular complexity index is 1390. The van der Waals surface area contributed by atoms with Crippen molar-refractivity contribution in [3.63, 3.8) is 0 Å². The lowest BCUT2D eigenvalue weighted by atomic mass is 10.0.